The Kier molecular flexibility index (Phi) is 3.31. The van der Waals surface area contributed by atoms with Gasteiger partial charge in [-0.3, -0.25) is 9.67 Å². The van der Waals surface area contributed by atoms with Crippen molar-refractivity contribution in [3.05, 3.63) is 47.5 Å². The van der Waals surface area contributed by atoms with Crippen LogP contribution in [0, 0.1) is 6.92 Å². The third-order valence-corrected chi connectivity index (χ3v) is 2.34. The van der Waals surface area contributed by atoms with Crippen molar-refractivity contribution >= 4 is 0 Å². The maximum absolute atomic E-state index is 4.43. The fraction of sp³-hybridized carbons (Fsp3) is 0.333. The summed E-state index contributed by atoms with van der Waals surface area (Å²) in [6, 6.07) is 6.07. The van der Waals surface area contributed by atoms with Crippen molar-refractivity contribution in [2.24, 2.45) is 7.05 Å². The second-order valence-electron chi connectivity index (χ2n) is 3.90. The lowest BCUT2D eigenvalue weighted by Crippen LogP contribution is -2.13. The molecule has 0 unspecified atom stereocenters. The smallest absolute Gasteiger partial charge is 0.0544 e. The van der Waals surface area contributed by atoms with Gasteiger partial charge in [0, 0.05) is 37.6 Å². The van der Waals surface area contributed by atoms with Crippen LogP contribution in [0.4, 0.5) is 0 Å². The van der Waals surface area contributed by atoms with E-state index in [1.165, 1.54) is 5.56 Å². The van der Waals surface area contributed by atoms with Crippen LogP contribution in [0.3, 0.4) is 0 Å². The molecule has 0 atom stereocenters. The Morgan fingerprint density at radius 1 is 1.31 bits per heavy atom. The summed E-state index contributed by atoms with van der Waals surface area (Å²) < 4.78 is 1.81. The summed E-state index contributed by atoms with van der Waals surface area (Å²) in [7, 11) is 1.92. The van der Waals surface area contributed by atoms with E-state index in [9.17, 15) is 0 Å². The van der Waals surface area contributed by atoms with Crippen LogP contribution in [0.2, 0.25) is 0 Å². The SMILES string of the molecule is Cc1cccc(CNCc2cnn(C)c2)n1. The Morgan fingerprint density at radius 2 is 2.19 bits per heavy atom. The first-order valence-corrected chi connectivity index (χ1v) is 5.35. The molecule has 0 spiro atoms. The second kappa shape index (κ2) is 4.90. The van der Waals surface area contributed by atoms with E-state index in [2.05, 4.69) is 15.4 Å². The molecule has 0 fully saturated rings. The molecular formula is C12H16N4. The maximum Gasteiger partial charge on any atom is 0.0544 e. The highest BCUT2D eigenvalue weighted by Crippen LogP contribution is 1.99. The van der Waals surface area contributed by atoms with E-state index in [1.807, 2.05) is 49.2 Å². The van der Waals surface area contributed by atoms with Crippen molar-refractivity contribution in [1.29, 1.82) is 0 Å². The third kappa shape index (κ3) is 2.90. The van der Waals surface area contributed by atoms with Gasteiger partial charge in [-0.1, -0.05) is 6.07 Å². The molecule has 0 aromatic carbocycles. The van der Waals surface area contributed by atoms with Gasteiger partial charge in [-0.2, -0.15) is 5.10 Å². The molecule has 0 aliphatic heterocycles. The van der Waals surface area contributed by atoms with E-state index >= 15 is 0 Å². The van der Waals surface area contributed by atoms with Crippen molar-refractivity contribution in [3.63, 3.8) is 0 Å². The number of hydrogen-bond donors (Lipinski definition) is 1. The van der Waals surface area contributed by atoms with Crippen molar-refractivity contribution < 1.29 is 0 Å². The van der Waals surface area contributed by atoms with Gasteiger partial charge in [-0.15, -0.1) is 0 Å². The molecule has 0 aliphatic rings. The number of nitrogens with zero attached hydrogens (tertiary/aromatic N) is 3. The molecule has 0 aliphatic carbocycles. The summed E-state index contributed by atoms with van der Waals surface area (Å²) in [5.74, 6) is 0. The molecule has 4 heteroatoms. The Bertz CT molecular complexity index is 462. The molecule has 2 rings (SSSR count). The van der Waals surface area contributed by atoms with Crippen molar-refractivity contribution in [2.45, 2.75) is 20.0 Å². The number of rotatable bonds is 4. The summed E-state index contributed by atoms with van der Waals surface area (Å²) in [4.78, 5) is 4.43. The lowest BCUT2D eigenvalue weighted by Gasteiger charge is -2.03. The molecule has 4 nitrogen and oxygen atoms in total. The lowest BCUT2D eigenvalue weighted by molar-refractivity contribution is 0.677. The predicted molar refractivity (Wildman–Crippen MR) is 62.7 cm³/mol. The number of hydrogen-bond acceptors (Lipinski definition) is 3. The molecule has 0 saturated heterocycles. The average molecular weight is 216 g/mol. The maximum atomic E-state index is 4.43. The molecule has 0 amide bonds. The molecule has 2 heterocycles. The number of aryl methyl sites for hydroxylation is 2. The monoisotopic (exact) mass is 216 g/mol. The first-order valence-electron chi connectivity index (χ1n) is 5.35. The van der Waals surface area contributed by atoms with E-state index in [1.54, 1.807) is 0 Å². The average Bonchev–Trinajstić information content (AvgIpc) is 2.64. The van der Waals surface area contributed by atoms with Gasteiger partial charge in [0.15, 0.2) is 0 Å². The lowest BCUT2D eigenvalue weighted by atomic mass is 10.3. The fourth-order valence-corrected chi connectivity index (χ4v) is 1.60. The topological polar surface area (TPSA) is 42.7 Å². The van der Waals surface area contributed by atoms with Gasteiger partial charge in [0.1, 0.15) is 0 Å². The quantitative estimate of drug-likeness (QED) is 0.840. The summed E-state index contributed by atoms with van der Waals surface area (Å²) in [5, 5.41) is 7.46. The minimum Gasteiger partial charge on any atom is -0.307 e. The van der Waals surface area contributed by atoms with Crippen LogP contribution in [0.5, 0.6) is 0 Å². The number of aromatic nitrogens is 3. The largest absolute Gasteiger partial charge is 0.307 e. The Morgan fingerprint density at radius 3 is 2.88 bits per heavy atom. The fourth-order valence-electron chi connectivity index (χ4n) is 1.60. The highest BCUT2D eigenvalue weighted by Gasteiger charge is 1.97. The van der Waals surface area contributed by atoms with E-state index < -0.39 is 0 Å². The third-order valence-electron chi connectivity index (χ3n) is 2.34. The van der Waals surface area contributed by atoms with E-state index in [4.69, 9.17) is 0 Å². The van der Waals surface area contributed by atoms with E-state index in [0.717, 1.165) is 24.5 Å². The van der Waals surface area contributed by atoms with Gasteiger partial charge in [0.05, 0.1) is 11.9 Å². The van der Waals surface area contributed by atoms with Gasteiger partial charge in [0.25, 0.3) is 0 Å². The highest BCUT2D eigenvalue weighted by molar-refractivity contribution is 5.10. The molecule has 84 valence electrons. The number of pyridine rings is 1. The molecule has 1 N–H and O–H groups in total. The second-order valence-corrected chi connectivity index (χ2v) is 3.90. The van der Waals surface area contributed by atoms with Crippen molar-refractivity contribution in [1.82, 2.24) is 20.1 Å². The standard InChI is InChI=1S/C12H16N4/c1-10-4-3-5-12(15-10)8-13-6-11-7-14-16(2)9-11/h3-5,7,9,13H,6,8H2,1-2H3. The van der Waals surface area contributed by atoms with Crippen LogP contribution < -0.4 is 5.32 Å². The van der Waals surface area contributed by atoms with Crippen molar-refractivity contribution in [3.8, 4) is 0 Å². The van der Waals surface area contributed by atoms with Crippen molar-refractivity contribution in [2.75, 3.05) is 0 Å². The molecule has 0 bridgehead atoms. The molecule has 0 radical (unpaired) electrons. The van der Waals surface area contributed by atoms with Gasteiger partial charge in [-0.25, -0.2) is 0 Å². The van der Waals surface area contributed by atoms with E-state index in [0.29, 0.717) is 0 Å². The first kappa shape index (κ1) is 10.8. The summed E-state index contributed by atoms with van der Waals surface area (Å²) >= 11 is 0. The van der Waals surface area contributed by atoms with Crippen LogP contribution in [-0.4, -0.2) is 14.8 Å². The summed E-state index contributed by atoms with van der Waals surface area (Å²) in [6.07, 6.45) is 3.88. The normalized spacial score (nSPS) is 10.6. The van der Waals surface area contributed by atoms with Gasteiger partial charge in [-0.05, 0) is 19.1 Å². The summed E-state index contributed by atoms with van der Waals surface area (Å²) in [5.41, 5.74) is 3.32. The summed E-state index contributed by atoms with van der Waals surface area (Å²) in [6.45, 7) is 3.62. The van der Waals surface area contributed by atoms with Crippen LogP contribution in [0.1, 0.15) is 17.0 Å². The van der Waals surface area contributed by atoms with Crippen LogP contribution in [0.15, 0.2) is 30.6 Å². The molecule has 0 saturated carbocycles. The molecule has 16 heavy (non-hydrogen) atoms. The molecular weight excluding hydrogens is 200 g/mol. The Hall–Kier alpha value is -1.68. The minimum absolute atomic E-state index is 0.788. The zero-order chi connectivity index (χ0) is 11.4. The van der Waals surface area contributed by atoms with Crippen LogP contribution >= 0.6 is 0 Å². The van der Waals surface area contributed by atoms with E-state index in [-0.39, 0.29) is 0 Å². The Balaban J connectivity index is 1.84. The van der Waals surface area contributed by atoms with Crippen LogP contribution in [0.25, 0.3) is 0 Å². The highest BCUT2D eigenvalue weighted by atomic mass is 15.2. The molecule has 2 aromatic heterocycles. The number of nitrogens with one attached hydrogen (secondary N) is 1. The molecule has 2 aromatic rings. The first-order chi connectivity index (χ1) is 7.74. The van der Waals surface area contributed by atoms with Gasteiger partial charge < -0.3 is 5.32 Å². The van der Waals surface area contributed by atoms with Gasteiger partial charge in [0.2, 0.25) is 0 Å². The zero-order valence-corrected chi connectivity index (χ0v) is 9.64. The minimum atomic E-state index is 0.788. The van der Waals surface area contributed by atoms with Gasteiger partial charge >= 0.3 is 0 Å². The predicted octanol–water partition coefficient (Wildman–Crippen LogP) is 1.41. The van der Waals surface area contributed by atoms with Crippen LogP contribution in [-0.2, 0) is 20.1 Å². The zero-order valence-electron chi connectivity index (χ0n) is 9.64. The Labute approximate surface area is 95.3 Å².